The predicted octanol–water partition coefficient (Wildman–Crippen LogP) is 3.85. The molecule has 2 aromatic carbocycles. The van der Waals surface area contributed by atoms with Gasteiger partial charge in [-0.3, -0.25) is 9.59 Å². The van der Waals surface area contributed by atoms with Gasteiger partial charge in [-0.15, -0.1) is 0 Å². The summed E-state index contributed by atoms with van der Waals surface area (Å²) in [5, 5.41) is 0.528. The number of aromatic amines is 1. The Morgan fingerprint density at radius 1 is 1.11 bits per heavy atom. The zero-order valence-corrected chi connectivity index (χ0v) is 16.3. The zero-order valence-electron chi connectivity index (χ0n) is 16.3. The van der Waals surface area contributed by atoms with Crippen LogP contribution in [0.25, 0.3) is 10.9 Å². The number of aromatic nitrogens is 1. The molecule has 2 atom stereocenters. The Morgan fingerprint density at radius 3 is 2.50 bits per heavy atom. The molecule has 28 heavy (non-hydrogen) atoms. The number of ether oxygens (including phenoxy) is 1. The minimum atomic E-state index is -0.261. The summed E-state index contributed by atoms with van der Waals surface area (Å²) in [5.74, 6) is 0.571. The lowest BCUT2D eigenvalue weighted by Crippen LogP contribution is -2.63. The molecule has 2 unspecified atom stereocenters. The second-order valence-corrected chi connectivity index (χ2v) is 7.99. The third-order valence-electron chi connectivity index (χ3n) is 5.95. The molecule has 0 saturated heterocycles. The molecule has 1 saturated carbocycles. The van der Waals surface area contributed by atoms with Crippen LogP contribution in [-0.2, 0) is 0 Å². The molecule has 1 aromatic heterocycles. The minimum absolute atomic E-state index is 0.000387. The quantitative estimate of drug-likeness (QED) is 0.752. The molecule has 0 aliphatic heterocycles. The van der Waals surface area contributed by atoms with Gasteiger partial charge in [0.2, 0.25) is 5.43 Å². The molecule has 1 aliphatic carbocycles. The van der Waals surface area contributed by atoms with Crippen LogP contribution in [0.15, 0.2) is 65.6 Å². The molecule has 4 rings (SSSR count). The molecule has 1 N–H and O–H groups in total. The molecule has 144 valence electrons. The van der Waals surface area contributed by atoms with Crippen molar-refractivity contribution in [1.29, 1.82) is 0 Å². The molecule has 1 amide bonds. The van der Waals surface area contributed by atoms with Gasteiger partial charge in [-0.05, 0) is 24.3 Å². The molecule has 5 nitrogen and oxygen atoms in total. The van der Waals surface area contributed by atoms with Crippen LogP contribution in [0.1, 0.15) is 30.6 Å². The SMILES string of the molecule is CN(C(=O)c1c[nH]c2ccccc2c1=O)C1CC(Oc2ccccc2)C1(C)C. The van der Waals surface area contributed by atoms with E-state index in [-0.39, 0.29) is 34.5 Å². The molecule has 3 aromatic rings. The summed E-state index contributed by atoms with van der Waals surface area (Å²) in [7, 11) is 1.77. The number of nitrogens with zero attached hydrogens (tertiary/aromatic N) is 1. The lowest BCUT2D eigenvalue weighted by atomic mass is 9.63. The number of fused-ring (bicyclic) bond motifs is 1. The predicted molar refractivity (Wildman–Crippen MR) is 110 cm³/mol. The van der Waals surface area contributed by atoms with Crippen molar-refractivity contribution in [3.63, 3.8) is 0 Å². The molecular weight excluding hydrogens is 352 g/mol. The number of hydrogen-bond acceptors (Lipinski definition) is 3. The summed E-state index contributed by atoms with van der Waals surface area (Å²) >= 11 is 0. The Balaban J connectivity index is 1.54. The van der Waals surface area contributed by atoms with Crippen molar-refractivity contribution >= 4 is 16.8 Å². The topological polar surface area (TPSA) is 62.4 Å². The summed E-state index contributed by atoms with van der Waals surface area (Å²) in [6.45, 7) is 4.20. The van der Waals surface area contributed by atoms with E-state index in [4.69, 9.17) is 4.74 Å². The third-order valence-corrected chi connectivity index (χ3v) is 5.95. The van der Waals surface area contributed by atoms with Crippen LogP contribution in [-0.4, -0.2) is 35.0 Å². The number of benzene rings is 2. The summed E-state index contributed by atoms with van der Waals surface area (Å²) in [4.78, 5) is 30.6. The second-order valence-electron chi connectivity index (χ2n) is 7.99. The van der Waals surface area contributed by atoms with Crippen LogP contribution in [0, 0.1) is 5.41 Å². The molecule has 5 heteroatoms. The zero-order chi connectivity index (χ0) is 19.9. The van der Waals surface area contributed by atoms with E-state index < -0.39 is 0 Å². The van der Waals surface area contributed by atoms with Gasteiger partial charge in [-0.25, -0.2) is 0 Å². The maximum absolute atomic E-state index is 13.1. The first-order valence-electron chi connectivity index (χ1n) is 9.49. The summed E-state index contributed by atoms with van der Waals surface area (Å²) < 4.78 is 6.11. The standard InChI is InChI=1S/C23H24N2O3/c1-23(2)19(13-20(23)28-15-9-5-4-6-10-15)25(3)22(27)17-14-24-18-12-8-7-11-16(18)21(17)26/h4-12,14,19-20H,13H2,1-3H3,(H,24,26). The van der Waals surface area contributed by atoms with E-state index >= 15 is 0 Å². The lowest BCUT2D eigenvalue weighted by Gasteiger charge is -2.54. The average molecular weight is 376 g/mol. The van der Waals surface area contributed by atoms with Crippen molar-refractivity contribution in [3.05, 3.63) is 76.6 Å². The molecule has 1 aliphatic rings. The van der Waals surface area contributed by atoms with E-state index in [1.54, 1.807) is 24.1 Å². The monoisotopic (exact) mass is 376 g/mol. The first kappa shape index (κ1) is 18.3. The first-order chi connectivity index (χ1) is 13.4. The average Bonchev–Trinajstić information content (AvgIpc) is 2.71. The fourth-order valence-electron chi connectivity index (χ4n) is 4.04. The van der Waals surface area contributed by atoms with Gasteiger partial charge in [0.05, 0.1) is 0 Å². The summed E-state index contributed by atoms with van der Waals surface area (Å²) in [6, 6.07) is 16.9. The van der Waals surface area contributed by atoms with Crippen LogP contribution in [0.4, 0.5) is 0 Å². The lowest BCUT2D eigenvalue weighted by molar-refractivity contribution is -0.0886. The van der Waals surface area contributed by atoms with E-state index in [9.17, 15) is 9.59 Å². The van der Waals surface area contributed by atoms with Crippen LogP contribution in [0.5, 0.6) is 5.75 Å². The number of pyridine rings is 1. The van der Waals surface area contributed by atoms with Crippen molar-refractivity contribution in [2.45, 2.75) is 32.4 Å². The molecule has 0 spiro atoms. The fraction of sp³-hybridized carbons (Fsp3) is 0.304. The van der Waals surface area contributed by atoms with E-state index in [1.807, 2.05) is 42.5 Å². The van der Waals surface area contributed by atoms with Crippen molar-refractivity contribution in [1.82, 2.24) is 9.88 Å². The van der Waals surface area contributed by atoms with Crippen LogP contribution >= 0.6 is 0 Å². The molecule has 0 bridgehead atoms. The van der Waals surface area contributed by atoms with Crippen LogP contribution < -0.4 is 10.2 Å². The van der Waals surface area contributed by atoms with Crippen molar-refractivity contribution < 1.29 is 9.53 Å². The first-order valence-corrected chi connectivity index (χ1v) is 9.49. The van der Waals surface area contributed by atoms with E-state index in [0.29, 0.717) is 5.39 Å². The van der Waals surface area contributed by atoms with Crippen molar-refractivity contribution in [2.24, 2.45) is 5.41 Å². The Kier molecular flexibility index (Phi) is 4.46. The molecule has 1 heterocycles. The largest absolute Gasteiger partial charge is 0.490 e. The Labute approximate surface area is 163 Å². The van der Waals surface area contributed by atoms with Gasteiger partial charge in [0.25, 0.3) is 5.91 Å². The number of para-hydroxylation sites is 2. The number of hydrogen-bond donors (Lipinski definition) is 1. The maximum atomic E-state index is 13.1. The van der Waals surface area contributed by atoms with Gasteiger partial charge < -0.3 is 14.6 Å². The Morgan fingerprint density at radius 2 is 1.79 bits per heavy atom. The van der Waals surface area contributed by atoms with Crippen molar-refractivity contribution in [2.75, 3.05) is 7.05 Å². The normalized spacial score (nSPS) is 20.4. The van der Waals surface area contributed by atoms with Gasteiger partial charge in [-0.2, -0.15) is 0 Å². The number of H-pyrrole nitrogens is 1. The van der Waals surface area contributed by atoms with Gasteiger partial charge in [0.15, 0.2) is 0 Å². The fourth-order valence-corrected chi connectivity index (χ4v) is 4.04. The van der Waals surface area contributed by atoms with Gasteiger partial charge in [-0.1, -0.05) is 44.2 Å². The molecule has 1 fully saturated rings. The Hall–Kier alpha value is -3.08. The van der Waals surface area contributed by atoms with Crippen LogP contribution in [0.2, 0.25) is 0 Å². The third kappa shape index (κ3) is 2.97. The Bertz CT molecular complexity index is 1070. The summed E-state index contributed by atoms with van der Waals surface area (Å²) in [5.41, 5.74) is 0.445. The highest BCUT2D eigenvalue weighted by molar-refractivity contribution is 5.97. The van der Waals surface area contributed by atoms with Crippen LogP contribution in [0.3, 0.4) is 0 Å². The van der Waals surface area contributed by atoms with Gasteiger partial charge in [0, 0.05) is 42.0 Å². The highest BCUT2D eigenvalue weighted by atomic mass is 16.5. The number of nitrogens with one attached hydrogen (secondary N) is 1. The number of carbonyl (C=O) groups is 1. The van der Waals surface area contributed by atoms with E-state index in [2.05, 4.69) is 18.8 Å². The highest BCUT2D eigenvalue weighted by Crippen LogP contribution is 2.45. The second kappa shape index (κ2) is 6.82. The van der Waals surface area contributed by atoms with E-state index in [1.165, 1.54) is 6.20 Å². The maximum Gasteiger partial charge on any atom is 0.259 e. The summed E-state index contributed by atoms with van der Waals surface area (Å²) in [6.07, 6.45) is 2.27. The van der Waals surface area contributed by atoms with Crippen molar-refractivity contribution in [3.8, 4) is 5.75 Å². The molecular formula is C23H24N2O3. The highest BCUT2D eigenvalue weighted by Gasteiger charge is 2.53. The van der Waals surface area contributed by atoms with E-state index in [0.717, 1.165) is 17.7 Å². The minimum Gasteiger partial charge on any atom is -0.490 e. The number of rotatable bonds is 4. The number of amides is 1. The number of carbonyl (C=O) groups excluding carboxylic acids is 1. The van der Waals surface area contributed by atoms with Gasteiger partial charge >= 0.3 is 0 Å². The smallest absolute Gasteiger partial charge is 0.259 e. The van der Waals surface area contributed by atoms with Gasteiger partial charge in [0.1, 0.15) is 17.4 Å². The molecule has 0 radical (unpaired) electrons.